The van der Waals surface area contributed by atoms with Crippen molar-refractivity contribution in [2.24, 2.45) is 0 Å². The lowest BCUT2D eigenvalue weighted by Crippen LogP contribution is -2.54. The van der Waals surface area contributed by atoms with Crippen molar-refractivity contribution in [3.63, 3.8) is 0 Å². The number of halogens is 3. The fraction of sp³-hybridized carbons (Fsp3) is 0.0400. The molecule has 8 nitrogen and oxygen atoms in total. The number of carbonyl (C=O) groups is 4. The van der Waals surface area contributed by atoms with Crippen LogP contribution in [-0.2, 0) is 14.4 Å². The van der Waals surface area contributed by atoms with Gasteiger partial charge in [0, 0.05) is 5.69 Å². The monoisotopic (exact) mass is 527 g/mol. The van der Waals surface area contributed by atoms with Gasteiger partial charge in [-0.3, -0.25) is 19.7 Å². The van der Waals surface area contributed by atoms with Crippen molar-refractivity contribution in [2.75, 3.05) is 16.8 Å². The summed E-state index contributed by atoms with van der Waals surface area (Å²) in [4.78, 5) is 50.4. The van der Waals surface area contributed by atoms with Gasteiger partial charge in [0.05, 0.1) is 15.7 Å². The van der Waals surface area contributed by atoms with Crippen molar-refractivity contribution < 1.29 is 28.3 Å². The minimum absolute atomic E-state index is 0.0250. The van der Waals surface area contributed by atoms with Gasteiger partial charge in [0.25, 0.3) is 17.7 Å². The average Bonchev–Trinajstić information content (AvgIpc) is 2.83. The van der Waals surface area contributed by atoms with E-state index in [9.17, 15) is 23.6 Å². The van der Waals surface area contributed by atoms with Crippen LogP contribution < -0.4 is 20.3 Å². The number of para-hydroxylation sites is 1. The molecule has 5 amide bonds. The van der Waals surface area contributed by atoms with Gasteiger partial charge in [-0.1, -0.05) is 41.4 Å². The van der Waals surface area contributed by atoms with Crippen LogP contribution >= 0.6 is 23.2 Å². The summed E-state index contributed by atoms with van der Waals surface area (Å²) < 4.78 is 18.7. The molecule has 0 atom stereocenters. The molecule has 3 aromatic rings. The number of hydrogen-bond donors (Lipinski definition) is 2. The van der Waals surface area contributed by atoms with Gasteiger partial charge in [0.15, 0.2) is 12.4 Å². The molecule has 0 radical (unpaired) electrons. The fourth-order valence-electron chi connectivity index (χ4n) is 3.31. The van der Waals surface area contributed by atoms with Crippen molar-refractivity contribution in [3.05, 3.63) is 93.7 Å². The summed E-state index contributed by atoms with van der Waals surface area (Å²) in [7, 11) is 0. The molecule has 1 fully saturated rings. The van der Waals surface area contributed by atoms with Gasteiger partial charge in [-0.2, -0.15) is 0 Å². The molecule has 2 N–H and O–H groups in total. The van der Waals surface area contributed by atoms with E-state index < -0.39 is 29.6 Å². The molecule has 0 aromatic heterocycles. The number of nitrogens with zero attached hydrogens (tertiary/aromatic N) is 1. The van der Waals surface area contributed by atoms with E-state index in [2.05, 4.69) is 10.6 Å². The molecule has 1 aliphatic rings. The van der Waals surface area contributed by atoms with Crippen LogP contribution in [0.3, 0.4) is 0 Å². The molecule has 0 aliphatic carbocycles. The topological polar surface area (TPSA) is 105 Å². The van der Waals surface area contributed by atoms with Crippen molar-refractivity contribution in [1.29, 1.82) is 0 Å². The SMILES string of the molecule is O=C(COc1c(Cl)cc(/C=C2\C(=O)NC(=O)N(c3ccc(F)cc3)C2=O)cc1Cl)Nc1ccccc1. The highest BCUT2D eigenvalue weighted by Crippen LogP contribution is 2.35. The largest absolute Gasteiger partial charge is 0.481 e. The maximum absolute atomic E-state index is 13.3. The summed E-state index contributed by atoms with van der Waals surface area (Å²) >= 11 is 12.6. The van der Waals surface area contributed by atoms with Crippen LogP contribution in [0.25, 0.3) is 6.08 Å². The summed E-state index contributed by atoms with van der Waals surface area (Å²) in [6.45, 7) is -0.371. The molecule has 1 heterocycles. The van der Waals surface area contributed by atoms with Gasteiger partial charge in [-0.05, 0) is 60.2 Å². The summed E-state index contributed by atoms with van der Waals surface area (Å²) in [6.07, 6.45) is 1.20. The Morgan fingerprint density at radius 2 is 1.64 bits per heavy atom. The highest BCUT2D eigenvalue weighted by Gasteiger charge is 2.36. The Labute approximate surface area is 214 Å². The number of carbonyl (C=O) groups excluding carboxylic acids is 4. The van der Waals surface area contributed by atoms with E-state index in [1.807, 2.05) is 6.07 Å². The number of anilines is 2. The summed E-state index contributed by atoms with van der Waals surface area (Å²) in [5, 5.41) is 4.77. The Bertz CT molecular complexity index is 1370. The molecule has 0 bridgehead atoms. The predicted octanol–water partition coefficient (Wildman–Crippen LogP) is 4.82. The number of nitrogens with one attached hydrogen (secondary N) is 2. The molecule has 1 saturated heterocycles. The second-order valence-electron chi connectivity index (χ2n) is 7.45. The minimum Gasteiger partial charge on any atom is -0.481 e. The van der Waals surface area contributed by atoms with Gasteiger partial charge < -0.3 is 10.1 Å². The normalized spacial score (nSPS) is 14.6. The van der Waals surface area contributed by atoms with E-state index in [0.29, 0.717) is 10.6 Å². The average molecular weight is 528 g/mol. The first-order valence-corrected chi connectivity index (χ1v) is 11.1. The molecule has 3 aromatic carbocycles. The second-order valence-corrected chi connectivity index (χ2v) is 8.27. The lowest BCUT2D eigenvalue weighted by atomic mass is 10.1. The van der Waals surface area contributed by atoms with Gasteiger partial charge in [0.1, 0.15) is 11.4 Å². The molecular weight excluding hydrogens is 512 g/mol. The standard InChI is InChI=1S/C25H16Cl2FN3O5/c26-19-11-14(12-20(27)22(19)36-13-21(32)29-16-4-2-1-3-5-16)10-18-23(33)30-25(35)31(24(18)34)17-8-6-15(28)7-9-17/h1-12H,13H2,(H,29,32)(H,30,33,35)/b18-10+. The van der Waals surface area contributed by atoms with E-state index >= 15 is 0 Å². The zero-order valence-electron chi connectivity index (χ0n) is 18.3. The highest BCUT2D eigenvalue weighted by atomic mass is 35.5. The smallest absolute Gasteiger partial charge is 0.335 e. The maximum atomic E-state index is 13.3. The molecule has 0 unspecified atom stereocenters. The number of amides is 5. The van der Waals surface area contributed by atoms with Gasteiger partial charge >= 0.3 is 6.03 Å². The Kier molecular flexibility index (Phi) is 7.33. The van der Waals surface area contributed by atoms with E-state index in [1.54, 1.807) is 24.3 Å². The van der Waals surface area contributed by atoms with Crippen LogP contribution in [0, 0.1) is 5.82 Å². The minimum atomic E-state index is -0.970. The molecule has 36 heavy (non-hydrogen) atoms. The number of ether oxygens (including phenoxy) is 1. The van der Waals surface area contributed by atoms with Crippen LogP contribution in [0.1, 0.15) is 5.56 Å². The molecule has 4 rings (SSSR count). The second kappa shape index (κ2) is 10.6. The molecule has 11 heteroatoms. The van der Waals surface area contributed by atoms with E-state index in [0.717, 1.165) is 12.1 Å². The summed E-state index contributed by atoms with van der Waals surface area (Å²) in [5.41, 5.74) is 0.555. The summed E-state index contributed by atoms with van der Waals surface area (Å²) in [6, 6.07) is 15.2. The van der Waals surface area contributed by atoms with E-state index in [4.69, 9.17) is 27.9 Å². The van der Waals surface area contributed by atoms with Crippen molar-refractivity contribution in [3.8, 4) is 5.75 Å². The van der Waals surface area contributed by atoms with Crippen LogP contribution in [-0.4, -0.2) is 30.4 Å². The van der Waals surface area contributed by atoms with Crippen molar-refractivity contribution in [1.82, 2.24) is 5.32 Å². The van der Waals surface area contributed by atoms with E-state index in [-0.39, 0.29) is 39.2 Å². The molecular formula is C25H16Cl2FN3O5. The molecule has 0 saturated carbocycles. The van der Waals surface area contributed by atoms with Crippen LogP contribution in [0.15, 0.2) is 72.3 Å². The maximum Gasteiger partial charge on any atom is 0.335 e. The van der Waals surface area contributed by atoms with Gasteiger partial charge in [-0.25, -0.2) is 14.1 Å². The lowest BCUT2D eigenvalue weighted by molar-refractivity contribution is -0.122. The Morgan fingerprint density at radius 3 is 2.28 bits per heavy atom. The molecule has 1 aliphatic heterocycles. The Balaban J connectivity index is 1.53. The predicted molar refractivity (Wildman–Crippen MR) is 132 cm³/mol. The first-order valence-electron chi connectivity index (χ1n) is 10.4. The highest BCUT2D eigenvalue weighted by molar-refractivity contribution is 6.40. The lowest BCUT2D eigenvalue weighted by Gasteiger charge is -2.26. The van der Waals surface area contributed by atoms with Gasteiger partial charge in [0.2, 0.25) is 0 Å². The Hall–Kier alpha value is -4.21. The summed E-state index contributed by atoms with van der Waals surface area (Å²) in [5.74, 6) is -2.80. The van der Waals surface area contributed by atoms with Crippen LogP contribution in [0.4, 0.5) is 20.6 Å². The van der Waals surface area contributed by atoms with Crippen molar-refractivity contribution in [2.45, 2.75) is 0 Å². The number of imide groups is 2. The number of rotatable bonds is 6. The Morgan fingerprint density at radius 1 is 1.00 bits per heavy atom. The van der Waals surface area contributed by atoms with Crippen molar-refractivity contribution >= 4 is 64.4 Å². The number of hydrogen-bond acceptors (Lipinski definition) is 5. The van der Waals surface area contributed by atoms with Crippen LogP contribution in [0.2, 0.25) is 10.0 Å². The van der Waals surface area contributed by atoms with Crippen LogP contribution in [0.5, 0.6) is 5.75 Å². The quantitative estimate of drug-likeness (QED) is 0.353. The van der Waals surface area contributed by atoms with Gasteiger partial charge in [-0.15, -0.1) is 0 Å². The molecule has 0 spiro atoms. The number of benzene rings is 3. The third kappa shape index (κ3) is 5.54. The first kappa shape index (κ1) is 24.9. The third-order valence-corrected chi connectivity index (χ3v) is 5.48. The zero-order chi connectivity index (χ0) is 25.8. The number of urea groups is 1. The number of barbiturate groups is 1. The first-order chi connectivity index (χ1) is 17.2. The van der Waals surface area contributed by atoms with E-state index in [1.165, 1.54) is 30.3 Å². The fourth-order valence-corrected chi connectivity index (χ4v) is 3.92. The molecule has 182 valence electrons. The zero-order valence-corrected chi connectivity index (χ0v) is 19.8. The third-order valence-electron chi connectivity index (χ3n) is 4.92.